The summed E-state index contributed by atoms with van der Waals surface area (Å²) < 4.78 is 23.2. The van der Waals surface area contributed by atoms with E-state index in [-0.39, 0.29) is 30.2 Å². The van der Waals surface area contributed by atoms with E-state index in [0.717, 1.165) is 11.9 Å². The summed E-state index contributed by atoms with van der Waals surface area (Å²) in [5, 5.41) is 0. The molecule has 6 atom stereocenters. The van der Waals surface area contributed by atoms with Crippen molar-refractivity contribution < 1.29 is 28.2 Å². The molecule has 6 heteroatoms. The largest absolute Gasteiger partial charge is 0.462 e. The van der Waals surface area contributed by atoms with Crippen molar-refractivity contribution in [3.05, 3.63) is 47.5 Å². The fourth-order valence-corrected chi connectivity index (χ4v) is 4.20. The summed E-state index contributed by atoms with van der Waals surface area (Å²) in [5.41, 5.74) is -0.0272. The molecule has 3 saturated heterocycles. The van der Waals surface area contributed by atoms with Gasteiger partial charge in [0.15, 0.2) is 6.29 Å². The highest BCUT2D eigenvalue weighted by atomic mass is 16.7. The maximum absolute atomic E-state index is 12.4. The average molecular weight is 356 g/mol. The first-order valence-electron chi connectivity index (χ1n) is 8.85. The van der Waals surface area contributed by atoms with Crippen molar-refractivity contribution in [3.63, 3.8) is 0 Å². The van der Waals surface area contributed by atoms with Crippen LogP contribution in [0.25, 0.3) is 0 Å². The van der Waals surface area contributed by atoms with E-state index in [9.17, 15) is 9.59 Å². The molecule has 1 aromatic heterocycles. The number of ether oxygens (including phenoxy) is 3. The molecule has 0 radical (unpaired) electrons. The number of furan rings is 1. The zero-order valence-electron chi connectivity index (χ0n) is 14.7. The summed E-state index contributed by atoms with van der Waals surface area (Å²) in [6.45, 7) is 7.91. The third-order valence-electron chi connectivity index (χ3n) is 5.95. The highest BCUT2D eigenvalue weighted by Crippen LogP contribution is 2.57. The lowest BCUT2D eigenvalue weighted by molar-refractivity contribution is -0.152. The Kier molecular flexibility index (Phi) is 3.06. The molecule has 5 heterocycles. The van der Waals surface area contributed by atoms with Gasteiger partial charge in [-0.15, -0.1) is 0 Å². The Hall–Kier alpha value is -2.18. The fourth-order valence-electron chi connectivity index (χ4n) is 4.20. The Morgan fingerprint density at radius 2 is 2.19 bits per heavy atom. The first kappa shape index (κ1) is 16.0. The van der Waals surface area contributed by atoms with Crippen molar-refractivity contribution in [2.75, 3.05) is 0 Å². The van der Waals surface area contributed by atoms with E-state index in [1.54, 1.807) is 12.1 Å². The van der Waals surface area contributed by atoms with Crippen LogP contribution >= 0.6 is 0 Å². The van der Waals surface area contributed by atoms with E-state index in [4.69, 9.17) is 18.6 Å². The van der Waals surface area contributed by atoms with Crippen LogP contribution in [0, 0.1) is 5.92 Å². The molecular weight excluding hydrogens is 336 g/mol. The molecule has 136 valence electrons. The summed E-state index contributed by atoms with van der Waals surface area (Å²) in [6.07, 6.45) is 4.67. The van der Waals surface area contributed by atoms with Gasteiger partial charge in [-0.2, -0.15) is 0 Å². The quantitative estimate of drug-likeness (QED) is 0.351. The third kappa shape index (κ3) is 2.12. The molecule has 0 amide bonds. The van der Waals surface area contributed by atoms with Gasteiger partial charge < -0.3 is 18.6 Å². The Labute approximate surface area is 150 Å². The summed E-state index contributed by atoms with van der Waals surface area (Å²) in [5.74, 6) is 0.836. The molecular formula is C20H20O6. The van der Waals surface area contributed by atoms with Gasteiger partial charge >= 0.3 is 5.97 Å². The highest BCUT2D eigenvalue weighted by molar-refractivity contribution is 5.89. The second-order valence-corrected chi connectivity index (χ2v) is 7.95. The number of carbonyl (C=O) groups is 2. The molecule has 0 aliphatic carbocycles. The summed E-state index contributed by atoms with van der Waals surface area (Å²) >= 11 is 0. The number of hydrogen-bond acceptors (Lipinski definition) is 6. The first-order chi connectivity index (χ1) is 12.4. The number of aldehydes is 1. The van der Waals surface area contributed by atoms with Gasteiger partial charge in [0.2, 0.25) is 5.60 Å². The molecule has 0 aromatic carbocycles. The van der Waals surface area contributed by atoms with Gasteiger partial charge in [-0.3, -0.25) is 4.79 Å². The third-order valence-corrected chi connectivity index (χ3v) is 5.95. The predicted octanol–water partition coefficient (Wildman–Crippen LogP) is 2.68. The molecule has 3 fully saturated rings. The Morgan fingerprint density at radius 3 is 2.88 bits per heavy atom. The van der Waals surface area contributed by atoms with Crippen LogP contribution in [-0.2, 0) is 25.4 Å². The molecule has 4 aliphatic heterocycles. The van der Waals surface area contributed by atoms with Crippen LogP contribution in [0.3, 0.4) is 0 Å². The van der Waals surface area contributed by atoms with E-state index in [2.05, 4.69) is 6.58 Å². The maximum Gasteiger partial charge on any atom is 0.345 e. The first-order valence-corrected chi connectivity index (χ1v) is 8.85. The maximum atomic E-state index is 12.4. The van der Waals surface area contributed by atoms with Crippen molar-refractivity contribution in [3.8, 4) is 0 Å². The van der Waals surface area contributed by atoms with Crippen LogP contribution in [0.1, 0.15) is 48.3 Å². The zero-order chi connectivity index (χ0) is 18.3. The number of fused-ring (bicyclic) bond motifs is 4. The molecule has 26 heavy (non-hydrogen) atoms. The normalized spacial score (nSPS) is 43.7. The second-order valence-electron chi connectivity index (χ2n) is 7.95. The molecule has 0 spiro atoms. The molecule has 4 bridgehead atoms. The smallest absolute Gasteiger partial charge is 0.345 e. The Balaban J connectivity index is 1.58. The van der Waals surface area contributed by atoms with Gasteiger partial charge in [0.1, 0.15) is 35.4 Å². The number of rotatable bonds is 2. The van der Waals surface area contributed by atoms with Gasteiger partial charge in [0, 0.05) is 18.8 Å². The minimum absolute atomic E-state index is 0.0777. The van der Waals surface area contributed by atoms with Crippen LogP contribution in [0.4, 0.5) is 0 Å². The lowest BCUT2D eigenvalue weighted by Crippen LogP contribution is -2.24. The predicted molar refractivity (Wildman–Crippen MR) is 89.6 cm³/mol. The van der Waals surface area contributed by atoms with Gasteiger partial charge in [-0.05, 0) is 26.0 Å². The lowest BCUT2D eigenvalue weighted by Gasteiger charge is -2.14. The molecule has 1 aromatic rings. The fraction of sp³-hybridized carbons (Fsp3) is 0.500. The van der Waals surface area contributed by atoms with Crippen molar-refractivity contribution >= 4 is 12.3 Å². The monoisotopic (exact) mass is 356 g/mol. The van der Waals surface area contributed by atoms with Crippen LogP contribution < -0.4 is 0 Å². The summed E-state index contributed by atoms with van der Waals surface area (Å²) in [7, 11) is 0. The number of allylic oxidation sites excluding steroid dienone is 2. The van der Waals surface area contributed by atoms with Gasteiger partial charge in [0.25, 0.3) is 0 Å². The van der Waals surface area contributed by atoms with E-state index >= 15 is 0 Å². The summed E-state index contributed by atoms with van der Waals surface area (Å²) in [4.78, 5) is 23.9. The molecule has 6 nitrogen and oxygen atoms in total. The average Bonchev–Trinajstić information content (AvgIpc) is 3.40. The molecule has 0 N–H and O–H groups in total. The van der Waals surface area contributed by atoms with E-state index < -0.39 is 11.2 Å². The lowest BCUT2D eigenvalue weighted by atomic mass is 9.91. The van der Waals surface area contributed by atoms with Crippen LogP contribution in [0.15, 0.2) is 34.8 Å². The summed E-state index contributed by atoms with van der Waals surface area (Å²) in [6, 6.07) is 1.75. The number of epoxide rings is 2. The van der Waals surface area contributed by atoms with E-state index in [1.807, 2.05) is 19.9 Å². The van der Waals surface area contributed by atoms with Crippen molar-refractivity contribution in [2.45, 2.75) is 56.2 Å². The van der Waals surface area contributed by atoms with Crippen LogP contribution in [-0.4, -0.2) is 35.7 Å². The highest BCUT2D eigenvalue weighted by Gasteiger charge is 2.73. The second kappa shape index (κ2) is 4.96. The van der Waals surface area contributed by atoms with Gasteiger partial charge in [-0.1, -0.05) is 18.2 Å². The number of hydrogen-bond donors (Lipinski definition) is 0. The van der Waals surface area contributed by atoms with Crippen LogP contribution in [0.5, 0.6) is 0 Å². The van der Waals surface area contributed by atoms with Crippen molar-refractivity contribution in [1.29, 1.82) is 0 Å². The van der Waals surface area contributed by atoms with E-state index in [0.29, 0.717) is 29.9 Å². The molecule has 0 saturated carbocycles. The van der Waals surface area contributed by atoms with Gasteiger partial charge in [0.05, 0.1) is 5.56 Å². The number of carbonyl (C=O) groups excluding carboxylic acids is 2. The Bertz CT molecular complexity index is 866. The minimum atomic E-state index is -0.978. The van der Waals surface area contributed by atoms with Crippen molar-refractivity contribution in [2.24, 2.45) is 5.92 Å². The topological polar surface area (TPSA) is 81.6 Å². The molecule has 4 aliphatic rings. The molecule has 5 rings (SSSR count). The standard InChI is InChI=1S/C20H20O6/c1-10(2)11-4-5-20-17(26-20)15(24-18(20)22)8-19(3)16(25-19)14-7-12(9-21)13(6-11)23-14/h4-5,7,9,11,15-17H,1,6,8H2,2-3H3/b5-4+/t11-,15+,16-,17+,19-,20+/m1/s1. The molecule has 0 unspecified atom stereocenters. The van der Waals surface area contributed by atoms with Gasteiger partial charge in [-0.25, -0.2) is 4.79 Å². The van der Waals surface area contributed by atoms with Crippen molar-refractivity contribution in [1.82, 2.24) is 0 Å². The SMILES string of the molecule is C=C(C)[C@@H]1/C=C/[C@]23O[C@H]2[C@H](C[C@@]2(C)O[C@@H]2c2cc(C=O)c(o2)C1)OC3=O. The van der Waals surface area contributed by atoms with E-state index in [1.165, 1.54) is 0 Å². The zero-order valence-corrected chi connectivity index (χ0v) is 14.7. The Morgan fingerprint density at radius 1 is 1.38 bits per heavy atom. The number of esters is 1. The van der Waals surface area contributed by atoms with Crippen LogP contribution in [0.2, 0.25) is 0 Å². The minimum Gasteiger partial charge on any atom is -0.462 e.